The molecule has 0 aliphatic rings. The van der Waals surface area contributed by atoms with Crippen LogP contribution in [0.4, 0.5) is 0 Å². The Bertz CT molecular complexity index is 151. The number of rotatable bonds is 10. The van der Waals surface area contributed by atoms with Crippen molar-refractivity contribution in [3.63, 3.8) is 0 Å². The van der Waals surface area contributed by atoms with Crippen LogP contribution in [-0.2, 0) is 0 Å². The van der Waals surface area contributed by atoms with E-state index < -0.39 is 0 Å². The average molecular weight is 230 g/mol. The molecule has 0 aliphatic carbocycles. The van der Waals surface area contributed by atoms with Gasteiger partial charge in [0.25, 0.3) is 0 Å². The highest BCUT2D eigenvalue weighted by Crippen LogP contribution is 2.01. The number of unbranched alkanes of at least 4 members (excludes halogenated alkanes) is 2. The van der Waals surface area contributed by atoms with Gasteiger partial charge in [-0.15, -0.1) is 0 Å². The number of hydrogen-bond donors (Lipinski definition) is 2. The summed E-state index contributed by atoms with van der Waals surface area (Å²) in [6, 6.07) is 0.581. The third-order valence-corrected chi connectivity index (χ3v) is 2.70. The van der Waals surface area contributed by atoms with Crippen molar-refractivity contribution in [3.8, 4) is 0 Å². The summed E-state index contributed by atoms with van der Waals surface area (Å²) in [6.07, 6.45) is 3.28. The summed E-state index contributed by atoms with van der Waals surface area (Å²) in [4.78, 5) is 2.39. The molecule has 3 nitrogen and oxygen atoms in total. The van der Waals surface area contributed by atoms with Gasteiger partial charge >= 0.3 is 0 Å². The minimum atomic E-state index is 0.332. The summed E-state index contributed by atoms with van der Waals surface area (Å²) in [5.41, 5.74) is 0. The van der Waals surface area contributed by atoms with Crippen LogP contribution in [-0.4, -0.2) is 49.3 Å². The zero-order chi connectivity index (χ0) is 12.4. The van der Waals surface area contributed by atoms with Crippen LogP contribution >= 0.6 is 0 Å². The third kappa shape index (κ3) is 10.4. The van der Waals surface area contributed by atoms with Crippen molar-refractivity contribution in [1.29, 1.82) is 0 Å². The standard InChI is InChI=1S/C13H30N2O/c1-12(2)14-10-13(3)11-15(4)8-6-5-7-9-16/h12-14,16H,5-11H2,1-4H3. The SMILES string of the molecule is CC(CNC(C)C)CN(C)CCCCCO. The third-order valence-electron chi connectivity index (χ3n) is 2.70. The van der Waals surface area contributed by atoms with E-state index in [0.29, 0.717) is 18.6 Å². The molecule has 0 saturated heterocycles. The Balaban J connectivity index is 3.42. The lowest BCUT2D eigenvalue weighted by Crippen LogP contribution is -2.34. The van der Waals surface area contributed by atoms with E-state index in [1.54, 1.807) is 0 Å². The smallest absolute Gasteiger partial charge is 0.0431 e. The molecule has 0 bridgehead atoms. The van der Waals surface area contributed by atoms with Gasteiger partial charge in [0.2, 0.25) is 0 Å². The molecule has 0 aromatic rings. The van der Waals surface area contributed by atoms with Gasteiger partial charge in [-0.2, -0.15) is 0 Å². The lowest BCUT2D eigenvalue weighted by Gasteiger charge is -2.22. The summed E-state index contributed by atoms with van der Waals surface area (Å²) in [5, 5.41) is 12.1. The van der Waals surface area contributed by atoms with Gasteiger partial charge in [-0.05, 0) is 45.3 Å². The highest BCUT2D eigenvalue weighted by Gasteiger charge is 2.06. The van der Waals surface area contributed by atoms with Crippen LogP contribution in [0.1, 0.15) is 40.0 Å². The zero-order valence-corrected chi connectivity index (χ0v) is 11.5. The second kappa shape index (κ2) is 10.1. The molecule has 2 N–H and O–H groups in total. The van der Waals surface area contributed by atoms with Crippen LogP contribution in [0, 0.1) is 5.92 Å². The van der Waals surface area contributed by atoms with E-state index >= 15 is 0 Å². The lowest BCUT2D eigenvalue weighted by molar-refractivity contribution is 0.257. The fraction of sp³-hybridized carbons (Fsp3) is 1.00. The topological polar surface area (TPSA) is 35.5 Å². The molecule has 0 aliphatic heterocycles. The molecule has 3 heteroatoms. The quantitative estimate of drug-likeness (QED) is 0.561. The van der Waals surface area contributed by atoms with E-state index in [9.17, 15) is 0 Å². The summed E-state index contributed by atoms with van der Waals surface area (Å²) in [6.45, 7) is 10.4. The van der Waals surface area contributed by atoms with Crippen molar-refractivity contribution in [3.05, 3.63) is 0 Å². The van der Waals surface area contributed by atoms with Gasteiger partial charge in [-0.1, -0.05) is 20.8 Å². The lowest BCUT2D eigenvalue weighted by atomic mass is 10.1. The highest BCUT2D eigenvalue weighted by molar-refractivity contribution is 4.64. The predicted molar refractivity (Wildman–Crippen MR) is 70.7 cm³/mol. The molecule has 0 rings (SSSR count). The molecule has 0 fully saturated rings. The highest BCUT2D eigenvalue weighted by atomic mass is 16.2. The van der Waals surface area contributed by atoms with Crippen LogP contribution in [0.3, 0.4) is 0 Å². The minimum Gasteiger partial charge on any atom is -0.396 e. The first-order valence-corrected chi connectivity index (χ1v) is 6.59. The van der Waals surface area contributed by atoms with Gasteiger partial charge in [0, 0.05) is 19.2 Å². The van der Waals surface area contributed by atoms with Crippen LogP contribution in [0.15, 0.2) is 0 Å². The number of aliphatic hydroxyl groups excluding tert-OH is 1. The largest absolute Gasteiger partial charge is 0.396 e. The van der Waals surface area contributed by atoms with Gasteiger partial charge < -0.3 is 15.3 Å². The fourth-order valence-corrected chi connectivity index (χ4v) is 1.80. The molecule has 0 aromatic heterocycles. The number of nitrogens with one attached hydrogen (secondary N) is 1. The normalized spacial score (nSPS) is 13.7. The van der Waals surface area contributed by atoms with Crippen molar-refractivity contribution in [2.24, 2.45) is 5.92 Å². The Morgan fingerprint density at radius 3 is 2.38 bits per heavy atom. The Morgan fingerprint density at radius 2 is 1.81 bits per heavy atom. The maximum absolute atomic E-state index is 8.68. The van der Waals surface area contributed by atoms with E-state index in [0.717, 1.165) is 32.5 Å². The van der Waals surface area contributed by atoms with Crippen molar-refractivity contribution >= 4 is 0 Å². The number of aliphatic hydroxyl groups is 1. The summed E-state index contributed by atoms with van der Waals surface area (Å²) < 4.78 is 0. The first-order chi connectivity index (χ1) is 7.56. The van der Waals surface area contributed by atoms with Gasteiger partial charge in [-0.25, -0.2) is 0 Å². The summed E-state index contributed by atoms with van der Waals surface area (Å²) in [5.74, 6) is 0.699. The maximum Gasteiger partial charge on any atom is 0.0431 e. The van der Waals surface area contributed by atoms with E-state index in [1.807, 2.05) is 0 Å². The predicted octanol–water partition coefficient (Wildman–Crippen LogP) is 1.71. The van der Waals surface area contributed by atoms with Gasteiger partial charge in [0.05, 0.1) is 0 Å². The molecule has 1 unspecified atom stereocenters. The van der Waals surface area contributed by atoms with Crippen LogP contribution in [0.2, 0.25) is 0 Å². The molecular formula is C13H30N2O. The van der Waals surface area contributed by atoms with Gasteiger partial charge in [0.15, 0.2) is 0 Å². The van der Waals surface area contributed by atoms with E-state index in [-0.39, 0.29) is 0 Å². The molecule has 0 spiro atoms. The second-order valence-corrected chi connectivity index (χ2v) is 5.21. The molecule has 98 valence electrons. The Labute approximate surface area is 101 Å². The van der Waals surface area contributed by atoms with Crippen LogP contribution < -0.4 is 5.32 Å². The molecular weight excluding hydrogens is 200 g/mol. The Hall–Kier alpha value is -0.120. The Kier molecular flexibility index (Phi) is 9.99. The minimum absolute atomic E-state index is 0.332. The monoisotopic (exact) mass is 230 g/mol. The Morgan fingerprint density at radius 1 is 1.12 bits per heavy atom. The first kappa shape index (κ1) is 15.9. The van der Waals surface area contributed by atoms with Crippen molar-refractivity contribution < 1.29 is 5.11 Å². The summed E-state index contributed by atoms with van der Waals surface area (Å²) in [7, 11) is 2.19. The van der Waals surface area contributed by atoms with Crippen LogP contribution in [0.25, 0.3) is 0 Å². The first-order valence-electron chi connectivity index (χ1n) is 6.59. The average Bonchev–Trinajstić information content (AvgIpc) is 2.21. The van der Waals surface area contributed by atoms with Gasteiger partial charge in [-0.3, -0.25) is 0 Å². The van der Waals surface area contributed by atoms with Crippen molar-refractivity contribution in [1.82, 2.24) is 10.2 Å². The van der Waals surface area contributed by atoms with E-state index in [2.05, 4.69) is 38.0 Å². The number of hydrogen-bond acceptors (Lipinski definition) is 3. The number of nitrogens with zero attached hydrogens (tertiary/aromatic N) is 1. The van der Waals surface area contributed by atoms with Crippen molar-refractivity contribution in [2.75, 3.05) is 33.3 Å². The van der Waals surface area contributed by atoms with Crippen molar-refractivity contribution in [2.45, 2.75) is 46.1 Å². The second-order valence-electron chi connectivity index (χ2n) is 5.21. The molecule has 0 heterocycles. The van der Waals surface area contributed by atoms with E-state index in [4.69, 9.17) is 5.11 Å². The molecule has 0 amide bonds. The van der Waals surface area contributed by atoms with Crippen LogP contribution in [0.5, 0.6) is 0 Å². The molecule has 0 aromatic carbocycles. The summed E-state index contributed by atoms with van der Waals surface area (Å²) >= 11 is 0. The maximum atomic E-state index is 8.68. The van der Waals surface area contributed by atoms with E-state index in [1.165, 1.54) is 6.42 Å². The molecule has 0 saturated carbocycles. The molecule has 1 atom stereocenters. The zero-order valence-electron chi connectivity index (χ0n) is 11.5. The molecule has 16 heavy (non-hydrogen) atoms. The molecule has 0 radical (unpaired) electrons. The fourth-order valence-electron chi connectivity index (χ4n) is 1.80. The van der Waals surface area contributed by atoms with Gasteiger partial charge in [0.1, 0.15) is 0 Å².